The third-order valence-corrected chi connectivity index (χ3v) is 4.71. The Morgan fingerprint density at radius 3 is 1.64 bits per heavy atom. The Labute approximate surface area is 162 Å². The molecule has 0 radical (unpaired) electrons. The molecule has 0 fully saturated rings. The minimum Gasteiger partial charge on any atom is -0.372 e. The highest BCUT2D eigenvalue weighted by Crippen LogP contribution is 2.33. The fraction of sp³-hybridized carbons (Fsp3) is 0.136. The van der Waals surface area contributed by atoms with Crippen LogP contribution in [-0.4, -0.2) is 30.1 Å². The molecule has 0 aliphatic heterocycles. The molecule has 144 valence electrons. The number of hydrogen-bond acceptors (Lipinski definition) is 3. The number of carbonyl (C=O) groups excluding carboxylic acids is 1. The summed E-state index contributed by atoms with van der Waals surface area (Å²) in [5, 5.41) is 14.4. The molecular formula is C22H20F2N2O2. The van der Waals surface area contributed by atoms with Crippen LogP contribution in [0.25, 0.3) is 0 Å². The molecule has 0 saturated carbocycles. The normalized spacial score (nSPS) is 11.2. The lowest BCUT2D eigenvalue weighted by atomic mass is 9.85. The van der Waals surface area contributed by atoms with Crippen molar-refractivity contribution in [1.29, 1.82) is 0 Å². The molecule has 3 aromatic carbocycles. The van der Waals surface area contributed by atoms with Crippen molar-refractivity contribution in [3.8, 4) is 0 Å². The average molecular weight is 382 g/mol. The van der Waals surface area contributed by atoms with Crippen LogP contribution < -0.4 is 5.01 Å². The Balaban J connectivity index is 2.06. The van der Waals surface area contributed by atoms with Crippen molar-refractivity contribution < 1.29 is 18.7 Å². The summed E-state index contributed by atoms with van der Waals surface area (Å²) in [6.07, 6.45) is 0. The first-order chi connectivity index (χ1) is 13.3. The third kappa shape index (κ3) is 3.59. The molecule has 0 bridgehead atoms. The number of hydrazine groups is 1. The maximum absolute atomic E-state index is 13.4. The number of hydrogen-bond donors (Lipinski definition) is 1. The highest BCUT2D eigenvalue weighted by molar-refractivity contribution is 5.91. The van der Waals surface area contributed by atoms with E-state index in [1.54, 1.807) is 12.1 Å². The summed E-state index contributed by atoms with van der Waals surface area (Å²) in [4.78, 5) is 13.4. The number of aliphatic hydroxyl groups is 1. The molecule has 3 aromatic rings. The van der Waals surface area contributed by atoms with E-state index in [2.05, 4.69) is 0 Å². The summed E-state index contributed by atoms with van der Waals surface area (Å²) in [7, 11) is 3.20. The van der Waals surface area contributed by atoms with Gasteiger partial charge in [0, 0.05) is 14.1 Å². The quantitative estimate of drug-likeness (QED) is 0.684. The average Bonchev–Trinajstić information content (AvgIpc) is 2.73. The van der Waals surface area contributed by atoms with Crippen molar-refractivity contribution in [1.82, 2.24) is 5.01 Å². The highest BCUT2D eigenvalue weighted by Gasteiger charge is 2.43. The van der Waals surface area contributed by atoms with Crippen LogP contribution in [0.3, 0.4) is 0 Å². The van der Waals surface area contributed by atoms with Gasteiger partial charge in [0.2, 0.25) is 0 Å². The van der Waals surface area contributed by atoms with Crippen molar-refractivity contribution in [2.75, 3.05) is 19.1 Å². The van der Waals surface area contributed by atoms with Gasteiger partial charge in [-0.3, -0.25) is 14.8 Å². The summed E-state index contributed by atoms with van der Waals surface area (Å²) in [5.74, 6) is -1.66. The lowest BCUT2D eigenvalue weighted by Crippen LogP contribution is -2.52. The minimum absolute atomic E-state index is 0.179. The number of halogens is 2. The van der Waals surface area contributed by atoms with Gasteiger partial charge in [-0.2, -0.15) is 0 Å². The standard InChI is InChI=1S/C22H20F2N2O2/c1-25(20-6-4-3-5-7-20)26(2)21(27)22(28,16-8-12-18(23)13-9-16)17-10-14-19(24)15-11-17/h3-15,28H,1-2H3. The van der Waals surface area contributed by atoms with Crippen LogP contribution in [0.1, 0.15) is 11.1 Å². The second-order valence-corrected chi connectivity index (χ2v) is 6.41. The van der Waals surface area contributed by atoms with Gasteiger partial charge < -0.3 is 5.11 Å². The summed E-state index contributed by atoms with van der Waals surface area (Å²) in [5.41, 5.74) is -1.03. The molecule has 6 heteroatoms. The minimum atomic E-state index is -2.13. The van der Waals surface area contributed by atoms with Gasteiger partial charge in [0.05, 0.1) is 5.69 Å². The van der Waals surface area contributed by atoms with Crippen LogP contribution >= 0.6 is 0 Å². The van der Waals surface area contributed by atoms with Crippen LogP contribution in [0.4, 0.5) is 14.5 Å². The first kappa shape index (κ1) is 19.5. The lowest BCUT2D eigenvalue weighted by Gasteiger charge is -2.37. The van der Waals surface area contributed by atoms with Gasteiger partial charge in [0.15, 0.2) is 5.60 Å². The van der Waals surface area contributed by atoms with Gasteiger partial charge in [-0.15, -0.1) is 0 Å². The molecule has 3 rings (SSSR count). The molecule has 0 heterocycles. The number of likely N-dealkylation sites (N-methyl/N-ethyl adjacent to an activating group) is 1. The highest BCUT2D eigenvalue weighted by atomic mass is 19.1. The van der Waals surface area contributed by atoms with E-state index in [-0.39, 0.29) is 11.1 Å². The first-order valence-electron chi connectivity index (χ1n) is 8.65. The van der Waals surface area contributed by atoms with Crippen LogP contribution in [-0.2, 0) is 10.4 Å². The van der Waals surface area contributed by atoms with Crippen LogP contribution in [0.5, 0.6) is 0 Å². The van der Waals surface area contributed by atoms with Gasteiger partial charge in [-0.25, -0.2) is 8.78 Å². The Morgan fingerprint density at radius 2 is 1.21 bits per heavy atom. The van der Waals surface area contributed by atoms with Crippen molar-refractivity contribution >= 4 is 11.6 Å². The SMILES string of the molecule is CN(C(=O)C(O)(c1ccc(F)cc1)c1ccc(F)cc1)N(C)c1ccccc1. The Kier molecular flexibility index (Phi) is 5.42. The number of benzene rings is 3. The van der Waals surface area contributed by atoms with E-state index < -0.39 is 23.1 Å². The fourth-order valence-corrected chi connectivity index (χ4v) is 2.98. The predicted molar refractivity (Wildman–Crippen MR) is 103 cm³/mol. The Hall–Kier alpha value is -3.25. The van der Waals surface area contributed by atoms with Gasteiger partial charge in [-0.1, -0.05) is 42.5 Å². The molecule has 0 aliphatic carbocycles. The van der Waals surface area contributed by atoms with E-state index in [9.17, 15) is 18.7 Å². The first-order valence-corrected chi connectivity index (χ1v) is 8.65. The van der Waals surface area contributed by atoms with Crippen LogP contribution in [0, 0.1) is 11.6 Å². The van der Waals surface area contributed by atoms with E-state index >= 15 is 0 Å². The smallest absolute Gasteiger partial charge is 0.282 e. The van der Waals surface area contributed by atoms with E-state index in [1.807, 2.05) is 30.3 Å². The van der Waals surface area contributed by atoms with Gasteiger partial charge in [0.1, 0.15) is 11.6 Å². The molecule has 0 aliphatic rings. The predicted octanol–water partition coefficient (Wildman–Crippen LogP) is 3.71. The van der Waals surface area contributed by atoms with Crippen molar-refractivity contribution in [3.05, 3.63) is 102 Å². The zero-order valence-electron chi connectivity index (χ0n) is 15.5. The number of carbonyl (C=O) groups is 1. The van der Waals surface area contributed by atoms with Crippen LogP contribution in [0.15, 0.2) is 78.9 Å². The van der Waals surface area contributed by atoms with Crippen LogP contribution in [0.2, 0.25) is 0 Å². The lowest BCUT2D eigenvalue weighted by molar-refractivity contribution is -0.147. The largest absolute Gasteiger partial charge is 0.372 e. The molecule has 0 aromatic heterocycles. The molecular weight excluding hydrogens is 362 g/mol. The zero-order valence-corrected chi connectivity index (χ0v) is 15.5. The maximum Gasteiger partial charge on any atom is 0.282 e. The molecule has 0 saturated heterocycles. The monoisotopic (exact) mass is 382 g/mol. The van der Waals surface area contributed by atoms with Gasteiger partial charge >= 0.3 is 0 Å². The summed E-state index contributed by atoms with van der Waals surface area (Å²) < 4.78 is 26.8. The van der Waals surface area contributed by atoms with E-state index in [1.165, 1.54) is 36.3 Å². The maximum atomic E-state index is 13.4. The number of anilines is 1. The fourth-order valence-electron chi connectivity index (χ4n) is 2.98. The third-order valence-electron chi connectivity index (χ3n) is 4.71. The van der Waals surface area contributed by atoms with Gasteiger partial charge in [0.25, 0.3) is 5.91 Å². The molecule has 4 nitrogen and oxygen atoms in total. The molecule has 0 spiro atoms. The van der Waals surface area contributed by atoms with Crippen molar-refractivity contribution in [2.24, 2.45) is 0 Å². The van der Waals surface area contributed by atoms with E-state index in [0.29, 0.717) is 0 Å². The Bertz CT molecular complexity index is 899. The molecule has 28 heavy (non-hydrogen) atoms. The summed E-state index contributed by atoms with van der Waals surface area (Å²) >= 11 is 0. The molecule has 0 atom stereocenters. The van der Waals surface area contributed by atoms with Crippen molar-refractivity contribution in [3.63, 3.8) is 0 Å². The van der Waals surface area contributed by atoms with E-state index in [4.69, 9.17) is 0 Å². The summed E-state index contributed by atoms with van der Waals surface area (Å²) in [6, 6.07) is 19.2. The zero-order chi connectivity index (χ0) is 20.3. The molecule has 1 N–H and O–H groups in total. The second-order valence-electron chi connectivity index (χ2n) is 6.41. The number of amides is 1. The van der Waals surface area contributed by atoms with Gasteiger partial charge in [-0.05, 0) is 47.5 Å². The number of rotatable bonds is 5. The molecule has 1 amide bonds. The number of para-hydroxylation sites is 1. The molecule has 0 unspecified atom stereocenters. The van der Waals surface area contributed by atoms with Crippen molar-refractivity contribution in [2.45, 2.75) is 5.60 Å². The Morgan fingerprint density at radius 1 is 0.786 bits per heavy atom. The topological polar surface area (TPSA) is 43.8 Å². The van der Waals surface area contributed by atoms with E-state index in [0.717, 1.165) is 30.0 Å². The summed E-state index contributed by atoms with van der Waals surface area (Å²) in [6.45, 7) is 0. The second kappa shape index (κ2) is 7.78. The number of nitrogens with zero attached hydrogens (tertiary/aromatic N) is 2.